The second-order valence-corrected chi connectivity index (χ2v) is 11.0. The van der Waals surface area contributed by atoms with Crippen LogP contribution in [0.5, 0.6) is 0 Å². The number of anilines is 1. The van der Waals surface area contributed by atoms with Crippen LogP contribution in [0.2, 0.25) is 0 Å². The van der Waals surface area contributed by atoms with Gasteiger partial charge in [-0.3, -0.25) is 13.7 Å². The van der Waals surface area contributed by atoms with Crippen molar-refractivity contribution in [3.8, 4) is 0 Å². The summed E-state index contributed by atoms with van der Waals surface area (Å²) < 4.78 is 102. The molecule has 1 heterocycles. The molecule has 172 valence electrons. The van der Waals surface area contributed by atoms with Gasteiger partial charge in [0.25, 0.3) is 20.2 Å². The Hall–Kier alpha value is -2.89. The predicted octanol–water partition coefficient (Wildman–Crippen LogP) is -0.170. The third kappa shape index (κ3) is 4.23. The van der Waals surface area contributed by atoms with Crippen molar-refractivity contribution in [3.63, 3.8) is 0 Å². The number of amides is 1. The summed E-state index contributed by atoms with van der Waals surface area (Å²) in [7, 11) is -14.6. The lowest BCUT2D eigenvalue weighted by Crippen LogP contribution is -2.35. The van der Waals surface area contributed by atoms with Crippen LogP contribution in [0.15, 0.2) is 46.3 Å². The van der Waals surface area contributed by atoms with Crippen molar-refractivity contribution in [3.05, 3.63) is 58.3 Å². The molecule has 1 atom stereocenters. The van der Waals surface area contributed by atoms with Gasteiger partial charge in [0, 0.05) is 11.9 Å². The molecular formula is C16H16N3O10S3+. The van der Waals surface area contributed by atoms with Crippen LogP contribution in [-0.2, 0) is 30.4 Å². The minimum Gasteiger partial charge on any atom is -0.399 e. The highest BCUT2D eigenvalue weighted by atomic mass is 32.2. The lowest BCUT2D eigenvalue weighted by Gasteiger charge is -2.23. The molecule has 1 aliphatic rings. The topological polar surface area (TPSA) is 225 Å². The Kier molecular flexibility index (Phi) is 5.65. The second kappa shape index (κ2) is 7.61. The van der Waals surface area contributed by atoms with E-state index in [1.54, 1.807) is 0 Å². The normalized spacial score (nSPS) is 18.6. The Bertz CT molecular complexity index is 1520. The molecular weight excluding hydrogens is 490 g/mol. The number of fused-ring (bicyclic) bond motifs is 1. The van der Waals surface area contributed by atoms with Gasteiger partial charge < -0.3 is 10.7 Å². The number of aromatic nitrogens is 1. The van der Waals surface area contributed by atoms with E-state index in [9.17, 15) is 43.7 Å². The molecule has 6 N–H and O–H groups in total. The first kappa shape index (κ1) is 23.8. The number of nitrogens with two attached hydrogens (primary N) is 1. The maximum absolute atomic E-state index is 12.9. The summed E-state index contributed by atoms with van der Waals surface area (Å²) in [5, 5.41) is -2.20. The number of benzene rings is 1. The quantitative estimate of drug-likeness (QED) is 0.208. The minimum atomic E-state index is -5.29. The maximum atomic E-state index is 12.9. The number of nitrogen functional groups attached to an aromatic ring is 1. The number of hydrogen-bond donors (Lipinski definition) is 5. The van der Waals surface area contributed by atoms with Gasteiger partial charge in [0.15, 0.2) is 10.6 Å². The second-order valence-electron chi connectivity index (χ2n) is 6.70. The third-order valence-corrected chi connectivity index (χ3v) is 7.37. The van der Waals surface area contributed by atoms with E-state index in [4.69, 9.17) is 5.73 Å². The lowest BCUT2D eigenvalue weighted by atomic mass is 9.93. The highest BCUT2D eigenvalue weighted by molar-refractivity contribution is 7.91. The number of nitrogens with one attached hydrogen (secondary N) is 1. The van der Waals surface area contributed by atoms with E-state index in [1.165, 1.54) is 18.3 Å². The number of allylic oxidation sites excluding steroid dienone is 1. The Labute approximate surface area is 182 Å². The molecule has 0 radical (unpaired) electrons. The van der Waals surface area contributed by atoms with Crippen molar-refractivity contribution in [1.29, 1.82) is 0 Å². The summed E-state index contributed by atoms with van der Waals surface area (Å²) in [6, 6.07) is 4.38. The number of aromatic amines is 1. The van der Waals surface area contributed by atoms with Gasteiger partial charge in [0.2, 0.25) is 5.71 Å². The Morgan fingerprint density at radius 3 is 2.16 bits per heavy atom. The van der Waals surface area contributed by atoms with Crippen LogP contribution in [0.1, 0.15) is 26.9 Å². The summed E-state index contributed by atoms with van der Waals surface area (Å²) in [6.07, 6.45) is 1.80. The standard InChI is InChI=1S/C16H15N3O10S3/c1-19(16(20)10-3-2-4-18-10)15-13(32(27,28)29)7-11(30(21,22)23)9-5-8(17)6-12(14(9)15)31(24,25)26/h2-7,11,17H,1H3,(H4,18,20,21,22,23,24,25,26,27,28,29)/p+1. The highest BCUT2D eigenvalue weighted by Gasteiger charge is 2.45. The van der Waals surface area contributed by atoms with E-state index in [1.807, 2.05) is 0 Å². The molecule has 0 bridgehead atoms. The highest BCUT2D eigenvalue weighted by Crippen LogP contribution is 2.40. The molecule has 0 aliphatic heterocycles. The van der Waals surface area contributed by atoms with Crippen molar-refractivity contribution < 1.29 is 48.3 Å². The van der Waals surface area contributed by atoms with Crippen molar-refractivity contribution >= 4 is 47.7 Å². The molecule has 0 spiro atoms. The van der Waals surface area contributed by atoms with Crippen molar-refractivity contribution in [2.75, 3.05) is 12.8 Å². The lowest BCUT2D eigenvalue weighted by molar-refractivity contribution is -0.393. The van der Waals surface area contributed by atoms with Gasteiger partial charge in [-0.05, 0) is 35.9 Å². The molecule has 0 saturated heterocycles. The molecule has 0 fully saturated rings. The van der Waals surface area contributed by atoms with Crippen LogP contribution in [0.25, 0.3) is 0 Å². The van der Waals surface area contributed by atoms with E-state index in [-0.39, 0.29) is 11.4 Å². The first-order chi connectivity index (χ1) is 14.5. The molecule has 1 aromatic carbocycles. The summed E-state index contributed by atoms with van der Waals surface area (Å²) in [5.41, 5.74) is 3.12. The van der Waals surface area contributed by atoms with Gasteiger partial charge in [0.05, 0.1) is 5.56 Å². The van der Waals surface area contributed by atoms with Gasteiger partial charge in [-0.1, -0.05) is 0 Å². The number of hydrogen-bond acceptors (Lipinski definition) is 8. The number of H-pyrrole nitrogens is 1. The maximum Gasteiger partial charge on any atom is 0.436 e. The van der Waals surface area contributed by atoms with E-state index in [0.717, 1.165) is 13.1 Å². The molecule has 1 amide bonds. The average molecular weight is 507 g/mol. The molecule has 1 aliphatic carbocycles. The van der Waals surface area contributed by atoms with E-state index in [2.05, 4.69) is 4.98 Å². The van der Waals surface area contributed by atoms with Crippen molar-refractivity contribution in [2.24, 2.45) is 0 Å². The molecule has 1 unspecified atom stereocenters. The zero-order chi connectivity index (χ0) is 24.2. The summed E-state index contributed by atoms with van der Waals surface area (Å²) in [6.45, 7) is 0. The zero-order valence-electron chi connectivity index (χ0n) is 16.0. The van der Waals surface area contributed by atoms with Crippen LogP contribution in [-0.4, -0.2) is 67.1 Å². The average Bonchev–Trinajstić information content (AvgIpc) is 3.17. The molecule has 2 aromatic rings. The fraction of sp³-hybridized carbons (Fsp3) is 0.125. The number of carbonyl (C=O) groups is 1. The smallest absolute Gasteiger partial charge is 0.399 e. The monoisotopic (exact) mass is 506 g/mol. The van der Waals surface area contributed by atoms with Crippen LogP contribution in [0, 0.1) is 0 Å². The van der Waals surface area contributed by atoms with Gasteiger partial charge in [-0.25, -0.2) is 4.79 Å². The first-order valence-electron chi connectivity index (χ1n) is 8.39. The van der Waals surface area contributed by atoms with Crippen LogP contribution in [0.4, 0.5) is 5.69 Å². The molecule has 1 aromatic heterocycles. The van der Waals surface area contributed by atoms with Gasteiger partial charge in [-0.2, -0.15) is 29.8 Å². The largest absolute Gasteiger partial charge is 0.436 e. The van der Waals surface area contributed by atoms with Crippen molar-refractivity contribution in [1.82, 2.24) is 4.98 Å². The van der Waals surface area contributed by atoms with Gasteiger partial charge in [0.1, 0.15) is 17.2 Å². The fourth-order valence-electron chi connectivity index (χ4n) is 3.30. The van der Waals surface area contributed by atoms with Crippen molar-refractivity contribution in [2.45, 2.75) is 10.1 Å². The number of nitrogens with zero attached hydrogens (tertiary/aromatic N) is 1. The first-order valence-corrected chi connectivity index (χ1v) is 12.8. The SMILES string of the molecule is C[N+](C(=O)c1ccc[nH]1)=C1C(S(=O)(=O)O)=CC(S(=O)(=O)O)c2cc(N)cc(S(=O)(=O)O)c21. The fourth-order valence-corrected chi connectivity index (χ4v) is 5.75. The van der Waals surface area contributed by atoms with E-state index < -0.39 is 68.2 Å². The predicted molar refractivity (Wildman–Crippen MR) is 110 cm³/mol. The molecule has 16 heteroatoms. The zero-order valence-corrected chi connectivity index (χ0v) is 18.4. The number of carbonyl (C=O) groups excluding carboxylic acids is 1. The van der Waals surface area contributed by atoms with E-state index >= 15 is 0 Å². The molecule has 32 heavy (non-hydrogen) atoms. The Morgan fingerprint density at radius 2 is 1.69 bits per heavy atom. The summed E-state index contributed by atoms with van der Waals surface area (Å²) >= 11 is 0. The van der Waals surface area contributed by atoms with Crippen LogP contribution >= 0.6 is 0 Å². The van der Waals surface area contributed by atoms with Crippen LogP contribution < -0.4 is 5.73 Å². The Morgan fingerprint density at radius 1 is 1.06 bits per heavy atom. The molecule has 13 nitrogen and oxygen atoms in total. The third-order valence-electron chi connectivity index (χ3n) is 4.58. The summed E-state index contributed by atoms with van der Waals surface area (Å²) in [4.78, 5) is 13.2. The minimum absolute atomic E-state index is 0.0722. The number of rotatable bonds is 4. The summed E-state index contributed by atoms with van der Waals surface area (Å²) in [5.74, 6) is -0.908. The van der Waals surface area contributed by atoms with Gasteiger partial charge >= 0.3 is 16.0 Å². The van der Waals surface area contributed by atoms with E-state index in [0.29, 0.717) is 16.7 Å². The molecule has 3 rings (SSSR count). The van der Waals surface area contributed by atoms with Crippen LogP contribution in [0.3, 0.4) is 0 Å². The molecule has 0 saturated carbocycles. The van der Waals surface area contributed by atoms with Gasteiger partial charge in [-0.15, -0.1) is 0 Å². The Balaban J connectivity index is 2.60.